The Morgan fingerprint density at radius 3 is 2.45 bits per heavy atom. The first-order chi connectivity index (χ1) is 13.7. The molecule has 1 saturated heterocycles. The first-order valence-electron chi connectivity index (χ1n) is 8.85. The van der Waals surface area contributed by atoms with Crippen molar-refractivity contribution < 1.29 is 35.9 Å². The number of hydrogen-bond donors (Lipinski definition) is 0. The number of furan rings is 1. The van der Waals surface area contributed by atoms with Crippen molar-refractivity contribution in [2.75, 3.05) is 27.3 Å². The van der Waals surface area contributed by atoms with E-state index in [0.29, 0.717) is 11.1 Å². The summed E-state index contributed by atoms with van der Waals surface area (Å²) < 4.78 is 68.7. The van der Waals surface area contributed by atoms with Crippen LogP contribution in [0.2, 0.25) is 0 Å². The van der Waals surface area contributed by atoms with Crippen LogP contribution in [0.3, 0.4) is 0 Å². The fourth-order valence-electron chi connectivity index (χ4n) is 3.31. The first kappa shape index (κ1) is 21.3. The highest BCUT2D eigenvalue weighted by atomic mass is 32.2. The Labute approximate surface area is 167 Å². The second-order valence-corrected chi connectivity index (χ2v) is 8.66. The van der Waals surface area contributed by atoms with Crippen LogP contribution in [0.25, 0.3) is 11.1 Å². The minimum atomic E-state index is -3.92. The number of carbonyl (C=O) groups is 1. The predicted molar refractivity (Wildman–Crippen MR) is 100 cm³/mol. The van der Waals surface area contributed by atoms with Crippen LogP contribution in [0.4, 0.5) is 8.78 Å². The lowest BCUT2D eigenvalue weighted by atomic mass is 9.99. The summed E-state index contributed by atoms with van der Waals surface area (Å²) in [4.78, 5) is 12.4. The Bertz CT molecular complexity index is 978. The molecule has 0 radical (unpaired) electrons. The number of carbonyl (C=O) groups excluding carboxylic acids is 1. The van der Waals surface area contributed by atoms with Crippen molar-refractivity contribution in [2.45, 2.75) is 24.5 Å². The van der Waals surface area contributed by atoms with E-state index in [1.165, 1.54) is 32.8 Å². The molecule has 3 rings (SSSR count). The number of halogens is 2. The van der Waals surface area contributed by atoms with E-state index in [9.17, 15) is 22.0 Å². The van der Waals surface area contributed by atoms with E-state index < -0.39 is 40.5 Å². The fourth-order valence-corrected chi connectivity index (χ4v) is 4.86. The number of esters is 1. The van der Waals surface area contributed by atoms with Gasteiger partial charge in [-0.3, -0.25) is 0 Å². The van der Waals surface area contributed by atoms with E-state index in [2.05, 4.69) is 0 Å². The molecule has 10 heteroatoms. The average molecular weight is 429 g/mol. The molecule has 0 aliphatic carbocycles. The second kappa shape index (κ2) is 8.11. The molecule has 7 nitrogen and oxygen atoms in total. The van der Waals surface area contributed by atoms with E-state index in [1.54, 1.807) is 12.1 Å². The number of methoxy groups -OCH3 is 2. The van der Waals surface area contributed by atoms with E-state index in [0.717, 1.165) is 4.31 Å². The number of hydrogen-bond acceptors (Lipinski definition) is 6. The van der Waals surface area contributed by atoms with Gasteiger partial charge in [0.25, 0.3) is 5.92 Å². The molecule has 0 N–H and O–H groups in total. The first-order valence-corrected chi connectivity index (χ1v) is 10.5. The highest BCUT2D eigenvalue weighted by Gasteiger charge is 2.38. The third-order valence-corrected chi connectivity index (χ3v) is 6.68. The molecule has 0 amide bonds. The standard InChI is InChI=1S/C19H21F2NO6S/c1-26-17-15(13-5-10-28-11-13)4-3-14(16(17)18(23)27-2)12-29(24,25)22-8-6-19(20,21)7-9-22/h3-5,10-11H,6-9,12H2,1-2H3. The van der Waals surface area contributed by atoms with Crippen molar-refractivity contribution in [1.29, 1.82) is 0 Å². The second-order valence-electron chi connectivity index (χ2n) is 6.70. The van der Waals surface area contributed by atoms with E-state index >= 15 is 0 Å². The van der Waals surface area contributed by atoms with Gasteiger partial charge in [0.1, 0.15) is 11.3 Å². The molecule has 158 valence electrons. The molecule has 1 aromatic carbocycles. The van der Waals surface area contributed by atoms with Gasteiger partial charge in [-0.2, -0.15) is 0 Å². The number of sulfonamides is 1. The van der Waals surface area contributed by atoms with Gasteiger partial charge in [-0.1, -0.05) is 12.1 Å². The highest BCUT2D eigenvalue weighted by Crippen LogP contribution is 2.37. The van der Waals surface area contributed by atoms with Gasteiger partial charge in [-0.05, 0) is 11.6 Å². The van der Waals surface area contributed by atoms with Crippen LogP contribution in [0.1, 0.15) is 28.8 Å². The topological polar surface area (TPSA) is 86.1 Å². The lowest BCUT2D eigenvalue weighted by Gasteiger charge is -2.31. The predicted octanol–water partition coefficient (Wildman–Crippen LogP) is 3.30. The van der Waals surface area contributed by atoms with Crippen molar-refractivity contribution in [3.05, 3.63) is 41.9 Å². The summed E-state index contributed by atoms with van der Waals surface area (Å²) in [6.07, 6.45) is 1.86. The summed E-state index contributed by atoms with van der Waals surface area (Å²) in [7, 11) is -1.39. The molecule has 0 atom stereocenters. The molecule has 1 fully saturated rings. The normalized spacial score (nSPS) is 17.1. The molecule has 2 heterocycles. The van der Waals surface area contributed by atoms with Crippen LogP contribution < -0.4 is 4.74 Å². The number of benzene rings is 1. The maximum Gasteiger partial charge on any atom is 0.341 e. The summed E-state index contributed by atoms with van der Waals surface area (Å²) in [6, 6.07) is 4.78. The summed E-state index contributed by atoms with van der Waals surface area (Å²) in [5.41, 5.74) is 1.30. The van der Waals surface area contributed by atoms with E-state index in [4.69, 9.17) is 13.9 Å². The van der Waals surface area contributed by atoms with Crippen LogP contribution in [0.5, 0.6) is 5.75 Å². The van der Waals surface area contributed by atoms with Crippen LogP contribution in [-0.4, -0.2) is 51.9 Å². The zero-order valence-electron chi connectivity index (χ0n) is 16.0. The number of ether oxygens (including phenoxy) is 2. The van der Waals surface area contributed by atoms with Gasteiger partial charge in [0, 0.05) is 37.1 Å². The van der Waals surface area contributed by atoms with Crippen molar-refractivity contribution in [2.24, 2.45) is 0 Å². The Kier molecular flexibility index (Phi) is 5.95. The van der Waals surface area contributed by atoms with Crippen LogP contribution in [0, 0.1) is 0 Å². The number of alkyl halides is 2. The summed E-state index contributed by atoms with van der Waals surface area (Å²) in [6.45, 7) is -0.541. The molecular weight excluding hydrogens is 408 g/mol. The Morgan fingerprint density at radius 1 is 1.21 bits per heavy atom. The number of nitrogens with zero attached hydrogens (tertiary/aromatic N) is 1. The zero-order valence-corrected chi connectivity index (χ0v) is 16.8. The van der Waals surface area contributed by atoms with Crippen LogP contribution in [-0.2, 0) is 20.5 Å². The smallest absolute Gasteiger partial charge is 0.341 e. The minimum absolute atomic E-state index is 0.0281. The van der Waals surface area contributed by atoms with Gasteiger partial charge in [-0.25, -0.2) is 26.3 Å². The van der Waals surface area contributed by atoms with Crippen molar-refractivity contribution in [3.63, 3.8) is 0 Å². The third kappa shape index (κ3) is 4.43. The largest absolute Gasteiger partial charge is 0.495 e. The van der Waals surface area contributed by atoms with Gasteiger partial charge in [0.05, 0.1) is 32.5 Å². The molecule has 2 aromatic rings. The van der Waals surface area contributed by atoms with Crippen LogP contribution >= 0.6 is 0 Å². The molecule has 0 unspecified atom stereocenters. The van der Waals surface area contributed by atoms with Crippen molar-refractivity contribution >= 4 is 16.0 Å². The van der Waals surface area contributed by atoms with Crippen molar-refractivity contribution in [3.8, 4) is 16.9 Å². The van der Waals surface area contributed by atoms with Crippen molar-refractivity contribution in [1.82, 2.24) is 4.31 Å². The lowest BCUT2D eigenvalue weighted by molar-refractivity contribution is -0.0412. The molecular formula is C19H21F2NO6S. The van der Waals surface area contributed by atoms with E-state index in [-0.39, 0.29) is 30.0 Å². The third-order valence-electron chi connectivity index (χ3n) is 4.86. The molecule has 0 spiro atoms. The Hall–Kier alpha value is -2.46. The Balaban J connectivity index is 2.00. The maximum atomic E-state index is 13.4. The highest BCUT2D eigenvalue weighted by molar-refractivity contribution is 7.88. The molecule has 1 aliphatic rings. The number of rotatable bonds is 6. The van der Waals surface area contributed by atoms with E-state index in [1.807, 2.05) is 0 Å². The lowest BCUT2D eigenvalue weighted by Crippen LogP contribution is -2.43. The Morgan fingerprint density at radius 2 is 1.90 bits per heavy atom. The molecule has 1 aliphatic heterocycles. The summed E-state index contributed by atoms with van der Waals surface area (Å²) in [5, 5.41) is 0. The summed E-state index contributed by atoms with van der Waals surface area (Å²) in [5.74, 6) is -4.01. The minimum Gasteiger partial charge on any atom is -0.495 e. The van der Waals surface area contributed by atoms with Gasteiger partial charge in [0.15, 0.2) is 0 Å². The van der Waals surface area contributed by atoms with Gasteiger partial charge >= 0.3 is 5.97 Å². The summed E-state index contributed by atoms with van der Waals surface area (Å²) >= 11 is 0. The fraction of sp³-hybridized carbons (Fsp3) is 0.421. The molecule has 29 heavy (non-hydrogen) atoms. The van der Waals surface area contributed by atoms with Gasteiger partial charge in [0.2, 0.25) is 10.0 Å². The van der Waals surface area contributed by atoms with Gasteiger partial charge < -0.3 is 13.9 Å². The molecule has 0 bridgehead atoms. The molecule has 0 saturated carbocycles. The zero-order chi connectivity index (χ0) is 21.2. The maximum absolute atomic E-state index is 13.4. The SMILES string of the molecule is COC(=O)c1c(CS(=O)(=O)N2CCC(F)(F)CC2)ccc(-c2ccoc2)c1OC. The van der Waals surface area contributed by atoms with Gasteiger partial charge in [-0.15, -0.1) is 0 Å². The quantitative estimate of drug-likeness (QED) is 0.655. The average Bonchev–Trinajstić information content (AvgIpc) is 3.20. The monoisotopic (exact) mass is 429 g/mol. The number of piperidine rings is 1. The molecule has 1 aromatic heterocycles. The van der Waals surface area contributed by atoms with Crippen LogP contribution in [0.15, 0.2) is 35.1 Å².